The number of aromatic amines is 1. The van der Waals surface area contributed by atoms with Gasteiger partial charge in [0.25, 0.3) is 0 Å². The van der Waals surface area contributed by atoms with Gasteiger partial charge in [0.2, 0.25) is 5.82 Å². The zero-order valence-corrected chi connectivity index (χ0v) is 13.4. The molecule has 0 aliphatic rings. The van der Waals surface area contributed by atoms with Gasteiger partial charge in [0.15, 0.2) is 11.7 Å². The van der Waals surface area contributed by atoms with Crippen LogP contribution in [-0.4, -0.2) is 41.3 Å². The van der Waals surface area contributed by atoms with Crippen molar-refractivity contribution in [3.63, 3.8) is 0 Å². The highest BCUT2D eigenvalue weighted by Crippen LogP contribution is 2.14. The first-order valence-corrected chi connectivity index (χ1v) is 7.58. The monoisotopic (exact) mass is 304 g/mol. The fourth-order valence-electron chi connectivity index (χ4n) is 1.92. The van der Waals surface area contributed by atoms with Crippen LogP contribution in [0.25, 0.3) is 11.6 Å². The molecule has 2 aromatic rings. The van der Waals surface area contributed by atoms with Gasteiger partial charge in [0.05, 0.1) is 6.26 Å². The Morgan fingerprint density at radius 1 is 1.36 bits per heavy atom. The van der Waals surface area contributed by atoms with E-state index in [9.17, 15) is 0 Å². The third-order valence-electron chi connectivity index (χ3n) is 3.17. The Morgan fingerprint density at radius 2 is 2.18 bits per heavy atom. The fourth-order valence-corrected chi connectivity index (χ4v) is 1.92. The maximum absolute atomic E-state index is 5.27. The van der Waals surface area contributed by atoms with Gasteiger partial charge in [-0.2, -0.15) is 5.10 Å². The normalized spacial score (nSPS) is 11.9. The van der Waals surface area contributed by atoms with Crippen LogP contribution in [0.1, 0.15) is 26.1 Å². The van der Waals surface area contributed by atoms with Gasteiger partial charge in [0, 0.05) is 26.6 Å². The Kier molecular flexibility index (Phi) is 6.00. The van der Waals surface area contributed by atoms with Crippen LogP contribution in [0.3, 0.4) is 0 Å². The molecular weight excluding hydrogens is 280 g/mol. The smallest absolute Gasteiger partial charge is 0.216 e. The van der Waals surface area contributed by atoms with Crippen LogP contribution in [0.5, 0.6) is 0 Å². The molecule has 2 rings (SSSR count). The van der Waals surface area contributed by atoms with Gasteiger partial charge in [-0.05, 0) is 24.5 Å². The van der Waals surface area contributed by atoms with Gasteiger partial charge < -0.3 is 15.1 Å². The summed E-state index contributed by atoms with van der Waals surface area (Å²) in [5.41, 5.74) is 0. The Bertz CT molecular complexity index is 573. The lowest BCUT2D eigenvalue weighted by Gasteiger charge is -2.12. The quantitative estimate of drug-likeness (QED) is 0.536. The van der Waals surface area contributed by atoms with E-state index < -0.39 is 0 Å². The molecule has 3 N–H and O–H groups in total. The minimum Gasteiger partial charge on any atom is -0.461 e. The van der Waals surface area contributed by atoms with Crippen LogP contribution < -0.4 is 10.6 Å². The van der Waals surface area contributed by atoms with E-state index in [4.69, 9.17) is 4.42 Å². The van der Waals surface area contributed by atoms with Gasteiger partial charge in [-0.15, -0.1) is 0 Å². The average Bonchev–Trinajstić information content (AvgIpc) is 3.16. The molecule has 0 atom stereocenters. The first-order chi connectivity index (χ1) is 10.7. The summed E-state index contributed by atoms with van der Waals surface area (Å²) < 4.78 is 5.27. The minimum absolute atomic E-state index is 0.583. The molecule has 120 valence electrons. The molecule has 0 bridgehead atoms. The number of nitrogens with zero attached hydrogens (tertiary/aromatic N) is 3. The van der Waals surface area contributed by atoms with Crippen LogP contribution in [0.2, 0.25) is 0 Å². The maximum atomic E-state index is 5.27. The van der Waals surface area contributed by atoms with E-state index in [1.165, 1.54) is 0 Å². The number of aliphatic imine (C=N–C) groups is 1. The van der Waals surface area contributed by atoms with E-state index in [1.54, 1.807) is 13.3 Å². The Morgan fingerprint density at radius 3 is 2.86 bits per heavy atom. The number of rotatable bonds is 7. The second-order valence-corrected chi connectivity index (χ2v) is 5.44. The zero-order valence-electron chi connectivity index (χ0n) is 13.4. The van der Waals surface area contributed by atoms with Crippen LogP contribution in [-0.2, 0) is 6.42 Å². The van der Waals surface area contributed by atoms with E-state index in [2.05, 4.69) is 44.7 Å². The molecule has 2 aromatic heterocycles. The van der Waals surface area contributed by atoms with Crippen molar-refractivity contribution in [1.82, 2.24) is 25.8 Å². The maximum Gasteiger partial charge on any atom is 0.216 e. The number of furan rings is 1. The van der Waals surface area contributed by atoms with E-state index in [0.29, 0.717) is 17.5 Å². The van der Waals surface area contributed by atoms with Crippen molar-refractivity contribution in [1.29, 1.82) is 0 Å². The molecule has 0 aromatic carbocycles. The molecule has 0 spiro atoms. The third-order valence-corrected chi connectivity index (χ3v) is 3.17. The first-order valence-electron chi connectivity index (χ1n) is 7.58. The van der Waals surface area contributed by atoms with Gasteiger partial charge in [-0.3, -0.25) is 10.1 Å². The number of H-pyrrole nitrogens is 1. The molecule has 0 amide bonds. The molecule has 22 heavy (non-hydrogen) atoms. The third kappa shape index (κ3) is 4.91. The highest BCUT2D eigenvalue weighted by Gasteiger charge is 2.08. The molecule has 7 heteroatoms. The summed E-state index contributed by atoms with van der Waals surface area (Å²) in [6.45, 7) is 6.06. The fraction of sp³-hybridized carbons (Fsp3) is 0.533. The van der Waals surface area contributed by atoms with Gasteiger partial charge in [-0.25, -0.2) is 4.98 Å². The van der Waals surface area contributed by atoms with Crippen LogP contribution in [0, 0.1) is 5.92 Å². The predicted molar refractivity (Wildman–Crippen MR) is 86.6 cm³/mol. The summed E-state index contributed by atoms with van der Waals surface area (Å²) >= 11 is 0. The summed E-state index contributed by atoms with van der Waals surface area (Å²) in [6, 6.07) is 3.66. The van der Waals surface area contributed by atoms with Crippen molar-refractivity contribution < 1.29 is 4.42 Å². The molecule has 0 unspecified atom stereocenters. The van der Waals surface area contributed by atoms with E-state index in [1.807, 2.05) is 12.1 Å². The second kappa shape index (κ2) is 8.21. The molecule has 0 aliphatic heterocycles. The summed E-state index contributed by atoms with van der Waals surface area (Å²) in [6.07, 6.45) is 3.47. The molecule has 0 radical (unpaired) electrons. The molecule has 7 nitrogen and oxygen atoms in total. The lowest BCUT2D eigenvalue weighted by molar-refractivity contribution is 0.573. The van der Waals surface area contributed by atoms with E-state index in [0.717, 1.165) is 37.7 Å². The second-order valence-electron chi connectivity index (χ2n) is 5.44. The van der Waals surface area contributed by atoms with Crippen LogP contribution in [0.4, 0.5) is 0 Å². The molecule has 0 saturated heterocycles. The average molecular weight is 304 g/mol. The number of aromatic nitrogens is 3. The standard InChI is InChI=1S/C15H24N6O/c1-11(2)6-8-17-15(16-3)18-9-7-13-19-14(21-20-13)12-5-4-10-22-12/h4-5,10-11H,6-9H2,1-3H3,(H2,16,17,18)(H,19,20,21). The van der Waals surface area contributed by atoms with Gasteiger partial charge >= 0.3 is 0 Å². The number of hydrogen-bond acceptors (Lipinski definition) is 4. The summed E-state index contributed by atoms with van der Waals surface area (Å²) in [5.74, 6) is 3.56. The molecule has 0 fully saturated rings. The SMILES string of the molecule is CN=C(NCCc1nc(-c2ccco2)n[nH]1)NCCC(C)C. The lowest BCUT2D eigenvalue weighted by atomic mass is 10.1. The first kappa shape index (κ1) is 16.1. The Balaban J connectivity index is 1.73. The lowest BCUT2D eigenvalue weighted by Crippen LogP contribution is -2.39. The van der Waals surface area contributed by atoms with Crippen molar-refractivity contribution in [3.8, 4) is 11.6 Å². The van der Waals surface area contributed by atoms with E-state index in [-0.39, 0.29) is 0 Å². The van der Waals surface area contributed by atoms with Crippen LogP contribution in [0.15, 0.2) is 27.8 Å². The molecular formula is C15H24N6O. The largest absolute Gasteiger partial charge is 0.461 e. The number of guanidine groups is 1. The topological polar surface area (TPSA) is 91.1 Å². The molecule has 2 heterocycles. The Hall–Kier alpha value is -2.31. The van der Waals surface area contributed by atoms with Crippen molar-refractivity contribution in [3.05, 3.63) is 24.2 Å². The summed E-state index contributed by atoms with van der Waals surface area (Å²) in [7, 11) is 1.77. The van der Waals surface area contributed by atoms with Crippen molar-refractivity contribution in [2.45, 2.75) is 26.7 Å². The molecule has 0 saturated carbocycles. The van der Waals surface area contributed by atoms with E-state index >= 15 is 0 Å². The van der Waals surface area contributed by atoms with Crippen LogP contribution >= 0.6 is 0 Å². The van der Waals surface area contributed by atoms with Gasteiger partial charge in [-0.1, -0.05) is 13.8 Å². The summed E-state index contributed by atoms with van der Waals surface area (Å²) in [4.78, 5) is 8.60. The van der Waals surface area contributed by atoms with Crippen molar-refractivity contribution in [2.75, 3.05) is 20.1 Å². The van der Waals surface area contributed by atoms with Crippen molar-refractivity contribution in [2.24, 2.45) is 10.9 Å². The number of hydrogen-bond donors (Lipinski definition) is 3. The number of nitrogens with one attached hydrogen (secondary N) is 3. The highest BCUT2D eigenvalue weighted by atomic mass is 16.3. The predicted octanol–water partition coefficient (Wildman–Crippen LogP) is 1.82. The van der Waals surface area contributed by atoms with Crippen molar-refractivity contribution >= 4 is 5.96 Å². The summed E-state index contributed by atoms with van der Waals surface area (Å²) in [5, 5.41) is 13.6. The zero-order chi connectivity index (χ0) is 15.8. The highest BCUT2D eigenvalue weighted by molar-refractivity contribution is 5.79. The minimum atomic E-state index is 0.583. The van der Waals surface area contributed by atoms with Gasteiger partial charge in [0.1, 0.15) is 5.82 Å². The Labute approximate surface area is 130 Å². The molecule has 0 aliphatic carbocycles.